The summed E-state index contributed by atoms with van der Waals surface area (Å²) in [5, 5.41) is 3.02. The third-order valence-corrected chi connectivity index (χ3v) is 7.44. The van der Waals surface area contributed by atoms with E-state index in [0.717, 1.165) is 24.8 Å². The summed E-state index contributed by atoms with van der Waals surface area (Å²) < 4.78 is 27.3. The van der Waals surface area contributed by atoms with Crippen LogP contribution in [0.4, 0.5) is 0 Å². The number of hydrogen-bond acceptors (Lipinski definition) is 3. The van der Waals surface area contributed by atoms with E-state index in [2.05, 4.69) is 5.32 Å². The molecule has 28 heavy (non-hydrogen) atoms. The molecule has 5 nitrogen and oxygen atoms in total. The number of amides is 1. The van der Waals surface area contributed by atoms with E-state index in [9.17, 15) is 13.2 Å². The number of carbonyl (C=O) groups excluding carboxylic acids is 1. The maximum atomic E-state index is 12.9. The number of benzene rings is 2. The van der Waals surface area contributed by atoms with E-state index in [1.165, 1.54) is 16.4 Å². The average molecular weight is 421 g/mol. The van der Waals surface area contributed by atoms with E-state index in [4.69, 9.17) is 11.6 Å². The van der Waals surface area contributed by atoms with Crippen LogP contribution in [0, 0.1) is 0 Å². The van der Waals surface area contributed by atoms with Crippen molar-refractivity contribution in [3.8, 4) is 0 Å². The van der Waals surface area contributed by atoms with Crippen LogP contribution in [-0.2, 0) is 10.0 Å². The second-order valence-corrected chi connectivity index (χ2v) is 9.45. The monoisotopic (exact) mass is 420 g/mol. The van der Waals surface area contributed by atoms with E-state index in [1.807, 2.05) is 37.3 Å². The van der Waals surface area contributed by atoms with Gasteiger partial charge in [-0.15, -0.1) is 0 Å². The number of sulfonamides is 1. The molecule has 150 valence electrons. The largest absolute Gasteiger partial charge is 0.351 e. The molecule has 1 saturated heterocycles. The Balaban J connectivity index is 1.74. The molecule has 0 spiro atoms. The predicted octanol–water partition coefficient (Wildman–Crippen LogP) is 4.05. The molecule has 1 atom stereocenters. The highest BCUT2D eigenvalue weighted by atomic mass is 35.5. The van der Waals surface area contributed by atoms with Crippen molar-refractivity contribution < 1.29 is 13.2 Å². The molecule has 1 amide bonds. The molecule has 2 aromatic rings. The Kier molecular flexibility index (Phi) is 6.75. The lowest BCUT2D eigenvalue weighted by atomic mass is 10.0. The summed E-state index contributed by atoms with van der Waals surface area (Å²) in [6.45, 7) is 3.47. The van der Waals surface area contributed by atoms with Gasteiger partial charge in [0.25, 0.3) is 5.91 Å². The second kappa shape index (κ2) is 9.07. The summed E-state index contributed by atoms with van der Waals surface area (Å²) in [6, 6.07) is 14.3. The molecule has 1 aliphatic heterocycles. The molecule has 1 N–H and O–H groups in total. The Morgan fingerprint density at radius 1 is 1.11 bits per heavy atom. The van der Waals surface area contributed by atoms with E-state index in [-0.39, 0.29) is 21.7 Å². The third kappa shape index (κ3) is 4.74. The van der Waals surface area contributed by atoms with Crippen LogP contribution in [0.2, 0.25) is 5.02 Å². The molecule has 0 unspecified atom stereocenters. The zero-order valence-electron chi connectivity index (χ0n) is 15.9. The number of nitrogens with zero attached hydrogens (tertiary/aromatic N) is 1. The van der Waals surface area contributed by atoms with Gasteiger partial charge >= 0.3 is 0 Å². The van der Waals surface area contributed by atoms with Gasteiger partial charge in [-0.3, -0.25) is 4.79 Å². The maximum absolute atomic E-state index is 12.9. The van der Waals surface area contributed by atoms with Gasteiger partial charge < -0.3 is 5.32 Å². The summed E-state index contributed by atoms with van der Waals surface area (Å²) in [5.41, 5.74) is 1.42. The zero-order chi connectivity index (χ0) is 20.1. The number of nitrogens with one attached hydrogen (secondary N) is 1. The lowest BCUT2D eigenvalue weighted by Gasteiger charge is -2.26. The van der Waals surface area contributed by atoms with Crippen molar-refractivity contribution in [3.05, 3.63) is 64.7 Å². The van der Waals surface area contributed by atoms with Crippen LogP contribution in [0.5, 0.6) is 0 Å². The highest BCUT2D eigenvalue weighted by molar-refractivity contribution is 7.89. The first-order valence-corrected chi connectivity index (χ1v) is 11.3. The van der Waals surface area contributed by atoms with Gasteiger partial charge in [0.15, 0.2) is 0 Å². The fourth-order valence-corrected chi connectivity index (χ4v) is 5.35. The minimum Gasteiger partial charge on any atom is -0.351 e. The molecule has 0 aromatic heterocycles. The van der Waals surface area contributed by atoms with Crippen LogP contribution in [0.3, 0.4) is 0 Å². The SMILES string of the molecule is C[C@H](CNC(=O)c1ccc(Cl)c(S(=O)(=O)N2CCCCC2)c1)c1ccccc1. The highest BCUT2D eigenvalue weighted by Crippen LogP contribution is 2.28. The summed E-state index contributed by atoms with van der Waals surface area (Å²) >= 11 is 6.17. The fourth-order valence-electron chi connectivity index (χ4n) is 3.33. The molecule has 1 heterocycles. The van der Waals surface area contributed by atoms with Crippen LogP contribution in [0.25, 0.3) is 0 Å². The van der Waals surface area contributed by atoms with E-state index in [0.29, 0.717) is 25.2 Å². The molecule has 1 fully saturated rings. The fraction of sp³-hybridized carbons (Fsp3) is 0.381. The third-order valence-electron chi connectivity index (χ3n) is 5.06. The molecule has 0 saturated carbocycles. The van der Waals surface area contributed by atoms with Gasteiger partial charge in [-0.2, -0.15) is 4.31 Å². The van der Waals surface area contributed by atoms with Crippen molar-refractivity contribution in [2.24, 2.45) is 0 Å². The first-order valence-electron chi connectivity index (χ1n) is 9.52. The molecule has 0 bridgehead atoms. The standard InChI is InChI=1S/C21H25ClN2O3S/c1-16(17-8-4-2-5-9-17)15-23-21(25)18-10-11-19(22)20(14-18)28(26,27)24-12-6-3-7-13-24/h2,4-5,8-11,14,16H,3,6-7,12-13,15H2,1H3,(H,23,25)/t16-/m1/s1. The molecule has 1 aliphatic rings. The average Bonchev–Trinajstić information content (AvgIpc) is 2.73. The Morgan fingerprint density at radius 3 is 2.46 bits per heavy atom. The minimum atomic E-state index is -3.70. The number of hydrogen-bond donors (Lipinski definition) is 1. The maximum Gasteiger partial charge on any atom is 0.251 e. The van der Waals surface area contributed by atoms with Gasteiger partial charge in [-0.05, 0) is 42.5 Å². The first-order chi connectivity index (χ1) is 13.4. The molecule has 7 heteroatoms. The second-order valence-electron chi connectivity index (χ2n) is 7.13. The smallest absolute Gasteiger partial charge is 0.251 e. The van der Waals surface area contributed by atoms with Crippen LogP contribution in [-0.4, -0.2) is 38.3 Å². The van der Waals surface area contributed by atoms with Crippen molar-refractivity contribution in [2.45, 2.75) is 37.0 Å². The van der Waals surface area contributed by atoms with E-state index in [1.54, 1.807) is 6.07 Å². The van der Waals surface area contributed by atoms with Crippen molar-refractivity contribution in [1.82, 2.24) is 9.62 Å². The molecule has 0 radical (unpaired) electrons. The lowest BCUT2D eigenvalue weighted by molar-refractivity contribution is 0.0951. The molecule has 0 aliphatic carbocycles. The molecular formula is C21H25ClN2O3S. The summed E-state index contributed by atoms with van der Waals surface area (Å²) in [6.07, 6.45) is 2.71. The van der Waals surface area contributed by atoms with Crippen LogP contribution in [0.15, 0.2) is 53.4 Å². The van der Waals surface area contributed by atoms with Crippen molar-refractivity contribution in [1.29, 1.82) is 0 Å². The topological polar surface area (TPSA) is 66.5 Å². The summed E-state index contributed by atoms with van der Waals surface area (Å²) in [5.74, 6) is -0.163. The lowest BCUT2D eigenvalue weighted by Crippen LogP contribution is -2.36. The van der Waals surface area contributed by atoms with Gasteiger partial charge in [0.1, 0.15) is 4.90 Å². The van der Waals surface area contributed by atoms with Crippen molar-refractivity contribution >= 4 is 27.5 Å². The Bertz CT molecular complexity index is 926. The molecule has 2 aromatic carbocycles. The quantitative estimate of drug-likeness (QED) is 0.766. The number of carbonyl (C=O) groups is 1. The van der Waals surface area contributed by atoms with Crippen LogP contribution < -0.4 is 5.32 Å². The minimum absolute atomic E-state index is 0.000162. The van der Waals surface area contributed by atoms with E-state index >= 15 is 0 Å². The number of piperidine rings is 1. The number of halogens is 1. The number of rotatable bonds is 6. The van der Waals surface area contributed by atoms with Crippen molar-refractivity contribution in [3.63, 3.8) is 0 Å². The van der Waals surface area contributed by atoms with Crippen LogP contribution in [0.1, 0.15) is 48.0 Å². The Hall–Kier alpha value is -1.89. The first kappa shape index (κ1) is 20.8. The Labute approximate surface area is 171 Å². The van der Waals surface area contributed by atoms with Gasteiger partial charge in [-0.25, -0.2) is 8.42 Å². The highest BCUT2D eigenvalue weighted by Gasteiger charge is 2.28. The molecule has 3 rings (SSSR count). The van der Waals surface area contributed by atoms with Gasteiger partial charge in [0.05, 0.1) is 5.02 Å². The van der Waals surface area contributed by atoms with Gasteiger partial charge in [-0.1, -0.05) is 55.3 Å². The van der Waals surface area contributed by atoms with Gasteiger partial charge in [0, 0.05) is 25.2 Å². The molecular weight excluding hydrogens is 396 g/mol. The predicted molar refractivity (Wildman–Crippen MR) is 111 cm³/mol. The summed E-state index contributed by atoms with van der Waals surface area (Å²) in [4.78, 5) is 12.6. The van der Waals surface area contributed by atoms with Crippen LogP contribution >= 0.6 is 11.6 Å². The Morgan fingerprint density at radius 2 is 1.79 bits per heavy atom. The van der Waals surface area contributed by atoms with Crippen molar-refractivity contribution in [2.75, 3.05) is 19.6 Å². The van der Waals surface area contributed by atoms with E-state index < -0.39 is 10.0 Å². The van der Waals surface area contributed by atoms with Gasteiger partial charge in [0.2, 0.25) is 10.0 Å². The normalized spacial score (nSPS) is 16.5. The zero-order valence-corrected chi connectivity index (χ0v) is 17.5. The summed E-state index contributed by atoms with van der Waals surface area (Å²) in [7, 11) is -3.70.